The van der Waals surface area contributed by atoms with Crippen LogP contribution in [-0.2, 0) is 19.6 Å². The fourth-order valence-corrected chi connectivity index (χ4v) is 2.68. The van der Waals surface area contributed by atoms with Crippen LogP contribution in [0.2, 0.25) is 0 Å². The quantitative estimate of drug-likeness (QED) is 0.849. The SMILES string of the molecule is CN(Cc1ccc(CNC2CC2)cn1)Cc1cscn1. The summed E-state index contributed by atoms with van der Waals surface area (Å²) in [5, 5.41) is 5.60. The zero-order valence-corrected chi connectivity index (χ0v) is 12.6. The van der Waals surface area contributed by atoms with Crippen LogP contribution in [0.1, 0.15) is 29.8 Å². The molecule has 1 aliphatic carbocycles. The number of aromatic nitrogens is 2. The van der Waals surface area contributed by atoms with Gasteiger partial charge in [0.1, 0.15) is 0 Å². The number of thiazole rings is 1. The molecule has 0 aliphatic heterocycles. The highest BCUT2D eigenvalue weighted by atomic mass is 32.1. The molecule has 0 aromatic carbocycles. The molecule has 0 amide bonds. The molecule has 106 valence electrons. The average Bonchev–Trinajstić information content (AvgIpc) is 3.14. The van der Waals surface area contributed by atoms with Gasteiger partial charge < -0.3 is 5.32 Å². The number of pyridine rings is 1. The molecule has 5 heteroatoms. The summed E-state index contributed by atoms with van der Waals surface area (Å²) in [6.07, 6.45) is 4.64. The predicted molar refractivity (Wildman–Crippen MR) is 81.4 cm³/mol. The first-order valence-electron chi connectivity index (χ1n) is 7.02. The third-order valence-electron chi connectivity index (χ3n) is 3.41. The van der Waals surface area contributed by atoms with Gasteiger partial charge in [-0.05, 0) is 31.5 Å². The van der Waals surface area contributed by atoms with Crippen molar-refractivity contribution in [2.24, 2.45) is 0 Å². The van der Waals surface area contributed by atoms with Crippen LogP contribution in [0.15, 0.2) is 29.2 Å². The van der Waals surface area contributed by atoms with Crippen LogP contribution in [-0.4, -0.2) is 28.0 Å². The van der Waals surface area contributed by atoms with Crippen LogP contribution < -0.4 is 5.32 Å². The largest absolute Gasteiger partial charge is 0.310 e. The predicted octanol–water partition coefficient (Wildman–Crippen LogP) is 2.42. The van der Waals surface area contributed by atoms with Gasteiger partial charge in [-0.25, -0.2) is 4.98 Å². The summed E-state index contributed by atoms with van der Waals surface area (Å²) in [6.45, 7) is 2.66. The molecule has 1 saturated carbocycles. The Morgan fingerprint density at radius 2 is 2.10 bits per heavy atom. The molecule has 0 saturated heterocycles. The molecule has 0 radical (unpaired) electrons. The van der Waals surface area contributed by atoms with Gasteiger partial charge in [0.05, 0.1) is 16.9 Å². The maximum Gasteiger partial charge on any atom is 0.0795 e. The van der Waals surface area contributed by atoms with Gasteiger partial charge in [-0.15, -0.1) is 11.3 Å². The van der Waals surface area contributed by atoms with E-state index in [2.05, 4.69) is 44.7 Å². The fraction of sp³-hybridized carbons (Fsp3) is 0.467. The molecule has 20 heavy (non-hydrogen) atoms. The van der Waals surface area contributed by atoms with Crippen molar-refractivity contribution >= 4 is 11.3 Å². The first kappa shape index (κ1) is 13.7. The Hall–Kier alpha value is -1.30. The van der Waals surface area contributed by atoms with Crippen molar-refractivity contribution in [2.45, 2.75) is 38.5 Å². The van der Waals surface area contributed by atoms with Gasteiger partial charge in [0.25, 0.3) is 0 Å². The molecular formula is C15H20N4S. The van der Waals surface area contributed by atoms with Gasteiger partial charge in [-0.1, -0.05) is 6.07 Å². The summed E-state index contributed by atoms with van der Waals surface area (Å²) in [5.74, 6) is 0. The lowest BCUT2D eigenvalue weighted by atomic mass is 10.2. The van der Waals surface area contributed by atoms with E-state index in [4.69, 9.17) is 0 Å². The second-order valence-corrected chi connectivity index (χ2v) is 6.18. The van der Waals surface area contributed by atoms with E-state index in [1.54, 1.807) is 11.3 Å². The maximum atomic E-state index is 4.55. The molecule has 0 atom stereocenters. The lowest BCUT2D eigenvalue weighted by Gasteiger charge is -2.14. The van der Waals surface area contributed by atoms with Crippen molar-refractivity contribution < 1.29 is 0 Å². The van der Waals surface area contributed by atoms with E-state index in [1.165, 1.54) is 18.4 Å². The summed E-state index contributed by atoms with van der Waals surface area (Å²) in [6, 6.07) is 5.05. The molecule has 1 fully saturated rings. The molecule has 1 N–H and O–H groups in total. The fourth-order valence-electron chi connectivity index (χ4n) is 2.13. The number of rotatable bonds is 7. The molecule has 2 aromatic heterocycles. The van der Waals surface area contributed by atoms with Crippen LogP contribution in [0, 0.1) is 0 Å². The molecule has 2 aromatic rings. The summed E-state index contributed by atoms with van der Waals surface area (Å²) in [7, 11) is 2.10. The van der Waals surface area contributed by atoms with E-state index in [9.17, 15) is 0 Å². The Labute approximate surface area is 123 Å². The smallest absolute Gasteiger partial charge is 0.0795 e. The van der Waals surface area contributed by atoms with Gasteiger partial charge in [-0.3, -0.25) is 9.88 Å². The molecule has 0 spiro atoms. The van der Waals surface area contributed by atoms with Gasteiger partial charge >= 0.3 is 0 Å². The van der Waals surface area contributed by atoms with E-state index in [1.807, 2.05) is 11.7 Å². The van der Waals surface area contributed by atoms with Crippen molar-refractivity contribution in [3.05, 3.63) is 46.2 Å². The number of nitrogens with zero attached hydrogens (tertiary/aromatic N) is 3. The van der Waals surface area contributed by atoms with E-state index in [-0.39, 0.29) is 0 Å². The zero-order chi connectivity index (χ0) is 13.8. The number of nitrogens with one attached hydrogen (secondary N) is 1. The summed E-state index contributed by atoms with van der Waals surface area (Å²) in [5.41, 5.74) is 5.38. The van der Waals surface area contributed by atoms with Crippen LogP contribution in [0.4, 0.5) is 0 Å². The van der Waals surface area contributed by atoms with Crippen LogP contribution in [0.25, 0.3) is 0 Å². The van der Waals surface area contributed by atoms with Crippen LogP contribution >= 0.6 is 11.3 Å². The van der Waals surface area contributed by atoms with Crippen LogP contribution in [0.5, 0.6) is 0 Å². The minimum absolute atomic E-state index is 0.749. The van der Waals surface area contributed by atoms with Crippen LogP contribution in [0.3, 0.4) is 0 Å². The molecular weight excluding hydrogens is 268 g/mol. The number of hydrogen-bond donors (Lipinski definition) is 1. The molecule has 2 heterocycles. The monoisotopic (exact) mass is 288 g/mol. The van der Waals surface area contributed by atoms with Gasteiger partial charge in [0.2, 0.25) is 0 Å². The van der Waals surface area contributed by atoms with Crippen molar-refractivity contribution in [2.75, 3.05) is 7.05 Å². The molecule has 0 bridgehead atoms. The van der Waals surface area contributed by atoms with E-state index in [0.717, 1.165) is 37.1 Å². The first-order chi connectivity index (χ1) is 9.79. The van der Waals surface area contributed by atoms with Gasteiger partial charge in [0, 0.05) is 37.3 Å². The summed E-state index contributed by atoms with van der Waals surface area (Å²) in [4.78, 5) is 11.1. The minimum Gasteiger partial charge on any atom is -0.310 e. The average molecular weight is 288 g/mol. The van der Waals surface area contributed by atoms with E-state index in [0.29, 0.717) is 0 Å². The Kier molecular flexibility index (Phi) is 4.40. The molecule has 0 unspecified atom stereocenters. The Balaban J connectivity index is 1.48. The first-order valence-corrected chi connectivity index (χ1v) is 7.96. The summed E-state index contributed by atoms with van der Waals surface area (Å²) >= 11 is 1.64. The van der Waals surface area contributed by atoms with Crippen molar-refractivity contribution in [1.29, 1.82) is 0 Å². The summed E-state index contributed by atoms with van der Waals surface area (Å²) < 4.78 is 0. The van der Waals surface area contributed by atoms with Crippen molar-refractivity contribution in [3.63, 3.8) is 0 Å². The highest BCUT2D eigenvalue weighted by Crippen LogP contribution is 2.19. The highest BCUT2D eigenvalue weighted by Gasteiger charge is 2.19. The van der Waals surface area contributed by atoms with Crippen molar-refractivity contribution in [1.82, 2.24) is 20.2 Å². The normalized spacial score (nSPS) is 14.9. The maximum absolute atomic E-state index is 4.55. The Morgan fingerprint density at radius 1 is 1.25 bits per heavy atom. The second-order valence-electron chi connectivity index (χ2n) is 5.47. The molecule has 4 nitrogen and oxygen atoms in total. The Morgan fingerprint density at radius 3 is 2.75 bits per heavy atom. The second kappa shape index (κ2) is 6.43. The third kappa shape index (κ3) is 4.10. The van der Waals surface area contributed by atoms with Gasteiger partial charge in [-0.2, -0.15) is 0 Å². The Bertz CT molecular complexity index is 519. The van der Waals surface area contributed by atoms with Crippen molar-refractivity contribution in [3.8, 4) is 0 Å². The molecule has 1 aliphatic rings. The standard InChI is InChI=1S/C15H20N4S/c1-19(9-15-10-20-11-18-15)8-14-3-2-12(7-17-14)6-16-13-4-5-13/h2-3,7,10-11,13,16H,4-6,8-9H2,1H3. The lowest BCUT2D eigenvalue weighted by Crippen LogP contribution is -2.18. The van der Waals surface area contributed by atoms with E-state index < -0.39 is 0 Å². The number of hydrogen-bond acceptors (Lipinski definition) is 5. The zero-order valence-electron chi connectivity index (χ0n) is 11.7. The van der Waals surface area contributed by atoms with Gasteiger partial charge in [0.15, 0.2) is 0 Å². The van der Waals surface area contributed by atoms with E-state index >= 15 is 0 Å². The highest BCUT2D eigenvalue weighted by molar-refractivity contribution is 7.07. The lowest BCUT2D eigenvalue weighted by molar-refractivity contribution is 0.312. The minimum atomic E-state index is 0.749. The molecule has 3 rings (SSSR count). The topological polar surface area (TPSA) is 41.0 Å². The third-order valence-corrected chi connectivity index (χ3v) is 4.04.